The number of hydrogen-bond acceptors (Lipinski definition) is 6. The number of aromatic nitrogens is 1. The highest BCUT2D eigenvalue weighted by atomic mass is 35.5. The van der Waals surface area contributed by atoms with Crippen LogP contribution in [0.1, 0.15) is 36.2 Å². The molecule has 0 bridgehead atoms. The van der Waals surface area contributed by atoms with Crippen LogP contribution in [-0.4, -0.2) is 47.3 Å². The number of benzene rings is 1. The third-order valence-corrected chi connectivity index (χ3v) is 5.76. The van der Waals surface area contributed by atoms with Crippen molar-refractivity contribution in [2.24, 2.45) is 0 Å². The summed E-state index contributed by atoms with van der Waals surface area (Å²) in [6.45, 7) is 0.676. The number of carbonyl (C=O) groups excluding carboxylic acids is 1. The van der Waals surface area contributed by atoms with Gasteiger partial charge >= 0.3 is 0 Å². The molecule has 3 aromatic rings. The lowest BCUT2D eigenvalue weighted by molar-refractivity contribution is 0.0891. The fourth-order valence-corrected chi connectivity index (χ4v) is 3.91. The lowest BCUT2D eigenvalue weighted by Crippen LogP contribution is -2.44. The molecule has 0 radical (unpaired) electrons. The Morgan fingerprint density at radius 1 is 1.19 bits per heavy atom. The predicted molar refractivity (Wildman–Crippen MR) is 118 cm³/mol. The summed E-state index contributed by atoms with van der Waals surface area (Å²) in [5, 5.41) is 18.1. The lowest BCUT2D eigenvalue weighted by Gasteiger charge is -2.30. The molecule has 1 fully saturated rings. The van der Waals surface area contributed by atoms with Crippen LogP contribution in [0.5, 0.6) is 5.75 Å². The molecule has 1 aromatic carbocycles. The van der Waals surface area contributed by atoms with Crippen LogP contribution in [0.3, 0.4) is 0 Å². The van der Waals surface area contributed by atoms with Crippen LogP contribution >= 0.6 is 11.6 Å². The van der Waals surface area contributed by atoms with Crippen LogP contribution < -0.4 is 15.4 Å². The Labute approximate surface area is 185 Å². The van der Waals surface area contributed by atoms with Crippen LogP contribution in [-0.2, 0) is 0 Å². The van der Waals surface area contributed by atoms with Crippen LogP contribution in [0.2, 0.25) is 5.02 Å². The number of nitrogens with zero attached hydrogens (tertiary/aromatic N) is 1. The molecule has 1 saturated carbocycles. The summed E-state index contributed by atoms with van der Waals surface area (Å²) in [6.07, 6.45) is 6.30. The summed E-state index contributed by atoms with van der Waals surface area (Å²) in [7, 11) is 0. The largest absolute Gasteiger partial charge is 0.491 e. The maximum Gasteiger partial charge on any atom is 0.287 e. The Balaban J connectivity index is 1.15. The summed E-state index contributed by atoms with van der Waals surface area (Å²) in [5.74, 6) is 0.801. The number of fused-ring (bicyclic) bond motifs is 1. The third-order valence-electron chi connectivity index (χ3n) is 5.51. The fraction of sp³-hybridized carbons (Fsp3) is 0.391. The molecule has 8 heteroatoms. The fourth-order valence-electron chi connectivity index (χ4n) is 3.78. The monoisotopic (exact) mass is 443 g/mol. The van der Waals surface area contributed by atoms with E-state index in [4.69, 9.17) is 20.8 Å². The number of furan rings is 1. The number of rotatable bonds is 8. The van der Waals surface area contributed by atoms with Crippen molar-refractivity contribution in [2.45, 2.75) is 43.9 Å². The zero-order valence-electron chi connectivity index (χ0n) is 17.1. The molecule has 1 aliphatic carbocycles. The standard InChI is InChI=1S/C23H26ClN3O4/c24-16-1-7-20(8-2-16)30-14-19(28)12-26-17-3-5-18(6-4-17)27-23(29)21-11-15-9-10-25-13-22(15)31-21/h1-2,7-11,13,17-19,26,28H,3-6,12,14H2,(H,27,29)/t17-,18-,19?. The Bertz CT molecular complexity index is 966. The van der Waals surface area contributed by atoms with Gasteiger partial charge in [-0.05, 0) is 62.1 Å². The molecule has 0 spiro atoms. The van der Waals surface area contributed by atoms with Gasteiger partial charge in [0.1, 0.15) is 18.5 Å². The van der Waals surface area contributed by atoms with Gasteiger partial charge in [0, 0.05) is 35.2 Å². The summed E-state index contributed by atoms with van der Waals surface area (Å²) in [6, 6.07) is 11.1. The number of amides is 1. The van der Waals surface area contributed by atoms with Gasteiger partial charge in [0.2, 0.25) is 0 Å². The second-order valence-corrected chi connectivity index (χ2v) is 8.31. The summed E-state index contributed by atoms with van der Waals surface area (Å²) < 4.78 is 11.2. The zero-order chi connectivity index (χ0) is 21.6. The Morgan fingerprint density at radius 3 is 2.68 bits per heavy atom. The summed E-state index contributed by atoms with van der Waals surface area (Å²) in [5.41, 5.74) is 0.610. The minimum Gasteiger partial charge on any atom is -0.491 e. The van der Waals surface area contributed by atoms with Gasteiger partial charge in [-0.3, -0.25) is 9.78 Å². The molecule has 1 unspecified atom stereocenters. The van der Waals surface area contributed by atoms with E-state index in [0.29, 0.717) is 34.7 Å². The molecule has 1 atom stereocenters. The van der Waals surface area contributed by atoms with E-state index in [1.54, 1.807) is 42.7 Å². The average Bonchev–Trinajstić information content (AvgIpc) is 3.23. The molecular weight excluding hydrogens is 418 g/mol. The van der Waals surface area contributed by atoms with Crippen LogP contribution in [0.4, 0.5) is 0 Å². The van der Waals surface area contributed by atoms with Crippen molar-refractivity contribution in [3.05, 3.63) is 59.6 Å². The first kappa shape index (κ1) is 21.6. The quantitative estimate of drug-likeness (QED) is 0.492. The first-order chi connectivity index (χ1) is 15.1. The van der Waals surface area contributed by atoms with Crippen molar-refractivity contribution in [3.8, 4) is 5.75 Å². The number of ether oxygens (including phenoxy) is 1. The van der Waals surface area contributed by atoms with Crippen LogP contribution in [0, 0.1) is 0 Å². The van der Waals surface area contributed by atoms with Gasteiger partial charge in [0.15, 0.2) is 11.3 Å². The first-order valence-electron chi connectivity index (χ1n) is 10.5. The maximum atomic E-state index is 12.5. The SMILES string of the molecule is O=C(N[C@H]1CC[C@H](NCC(O)COc2ccc(Cl)cc2)CC1)c1cc2ccncc2o1. The second kappa shape index (κ2) is 10.1. The number of nitrogens with one attached hydrogen (secondary N) is 2. The molecule has 1 aliphatic rings. The molecular formula is C23H26ClN3O4. The average molecular weight is 444 g/mol. The molecule has 164 valence electrons. The molecule has 1 amide bonds. The Hall–Kier alpha value is -2.61. The lowest BCUT2D eigenvalue weighted by atomic mass is 9.91. The van der Waals surface area contributed by atoms with Gasteiger partial charge in [0.25, 0.3) is 5.91 Å². The van der Waals surface area contributed by atoms with Crippen molar-refractivity contribution >= 4 is 28.5 Å². The highest BCUT2D eigenvalue weighted by molar-refractivity contribution is 6.30. The number of carbonyl (C=O) groups is 1. The van der Waals surface area contributed by atoms with E-state index in [-0.39, 0.29) is 18.6 Å². The van der Waals surface area contributed by atoms with Crippen LogP contribution in [0.25, 0.3) is 11.0 Å². The maximum absolute atomic E-state index is 12.5. The second-order valence-electron chi connectivity index (χ2n) is 7.87. The molecule has 2 aromatic heterocycles. The number of halogens is 1. The van der Waals surface area contributed by atoms with E-state index >= 15 is 0 Å². The molecule has 0 aliphatic heterocycles. The molecule has 2 heterocycles. The first-order valence-corrected chi connectivity index (χ1v) is 10.9. The molecule has 0 saturated heterocycles. The molecule has 4 rings (SSSR count). The number of pyridine rings is 1. The Morgan fingerprint density at radius 2 is 1.94 bits per heavy atom. The predicted octanol–water partition coefficient (Wildman–Crippen LogP) is 3.55. The highest BCUT2D eigenvalue weighted by Gasteiger charge is 2.24. The van der Waals surface area contributed by atoms with Crippen molar-refractivity contribution in [1.29, 1.82) is 0 Å². The van der Waals surface area contributed by atoms with Crippen molar-refractivity contribution in [3.63, 3.8) is 0 Å². The number of aliphatic hydroxyl groups is 1. The van der Waals surface area contributed by atoms with E-state index in [9.17, 15) is 9.90 Å². The molecule has 3 N–H and O–H groups in total. The minimum atomic E-state index is -0.601. The van der Waals surface area contributed by atoms with Gasteiger partial charge in [-0.1, -0.05) is 11.6 Å². The van der Waals surface area contributed by atoms with Crippen LogP contribution in [0.15, 0.2) is 53.2 Å². The molecule has 31 heavy (non-hydrogen) atoms. The Kier molecular flexibility index (Phi) is 7.06. The highest BCUT2D eigenvalue weighted by Crippen LogP contribution is 2.21. The van der Waals surface area contributed by atoms with E-state index in [2.05, 4.69) is 15.6 Å². The third kappa shape index (κ3) is 5.97. The van der Waals surface area contributed by atoms with Gasteiger partial charge < -0.3 is 24.9 Å². The topological polar surface area (TPSA) is 96.6 Å². The van der Waals surface area contributed by atoms with Gasteiger partial charge in [-0.25, -0.2) is 0 Å². The summed E-state index contributed by atoms with van der Waals surface area (Å²) in [4.78, 5) is 16.5. The van der Waals surface area contributed by atoms with Crippen molar-refractivity contribution in [2.75, 3.05) is 13.2 Å². The van der Waals surface area contributed by atoms with Crippen molar-refractivity contribution < 1.29 is 19.1 Å². The van der Waals surface area contributed by atoms with E-state index < -0.39 is 6.10 Å². The van der Waals surface area contributed by atoms with E-state index in [1.807, 2.05) is 6.07 Å². The van der Waals surface area contributed by atoms with Gasteiger partial charge in [0.05, 0.1) is 6.20 Å². The number of hydrogen-bond donors (Lipinski definition) is 3. The van der Waals surface area contributed by atoms with Gasteiger partial charge in [-0.15, -0.1) is 0 Å². The zero-order valence-corrected chi connectivity index (χ0v) is 17.8. The molecule has 7 nitrogen and oxygen atoms in total. The number of aliphatic hydroxyl groups excluding tert-OH is 1. The van der Waals surface area contributed by atoms with E-state index in [1.165, 1.54) is 0 Å². The minimum absolute atomic E-state index is 0.120. The normalized spacial score (nSPS) is 19.8. The van der Waals surface area contributed by atoms with Gasteiger partial charge in [-0.2, -0.15) is 0 Å². The smallest absolute Gasteiger partial charge is 0.287 e. The van der Waals surface area contributed by atoms with Crippen molar-refractivity contribution in [1.82, 2.24) is 15.6 Å². The summed E-state index contributed by atoms with van der Waals surface area (Å²) >= 11 is 5.85. The van der Waals surface area contributed by atoms with E-state index in [0.717, 1.165) is 31.1 Å².